The lowest BCUT2D eigenvalue weighted by Crippen LogP contribution is -2.24. The number of rotatable bonds is 9. The van der Waals surface area contributed by atoms with Gasteiger partial charge in [0.15, 0.2) is 0 Å². The number of methoxy groups -OCH3 is 1. The van der Waals surface area contributed by atoms with Gasteiger partial charge in [0.05, 0.1) is 19.8 Å². The van der Waals surface area contributed by atoms with Crippen molar-refractivity contribution < 1.29 is 19.4 Å². The lowest BCUT2D eigenvalue weighted by molar-refractivity contribution is -0.135. The van der Waals surface area contributed by atoms with Crippen LogP contribution < -0.4 is 5.32 Å². The average Bonchev–Trinajstić information content (AvgIpc) is 2.09. The van der Waals surface area contributed by atoms with E-state index in [1.807, 2.05) is 0 Å². The van der Waals surface area contributed by atoms with Crippen LogP contribution in [-0.2, 0) is 14.3 Å². The number of hydrogen-bond acceptors (Lipinski definition) is 4. The number of carboxylic acid groups (broad SMARTS) is 1. The highest BCUT2D eigenvalue weighted by molar-refractivity contribution is 5.68. The molecule has 5 nitrogen and oxygen atoms in total. The Morgan fingerprint density at radius 1 is 1.38 bits per heavy atom. The number of carbonyl (C=O) groups is 1. The van der Waals surface area contributed by atoms with E-state index in [-0.39, 0.29) is 6.54 Å². The van der Waals surface area contributed by atoms with E-state index in [4.69, 9.17) is 14.6 Å². The van der Waals surface area contributed by atoms with Gasteiger partial charge < -0.3 is 19.9 Å². The quantitative estimate of drug-likeness (QED) is 0.490. The predicted molar refractivity (Wildman–Crippen MR) is 47.8 cm³/mol. The fourth-order valence-corrected chi connectivity index (χ4v) is 0.739. The van der Waals surface area contributed by atoms with Gasteiger partial charge in [-0.05, 0) is 13.0 Å². The maximum Gasteiger partial charge on any atom is 0.317 e. The summed E-state index contributed by atoms with van der Waals surface area (Å²) < 4.78 is 9.95. The molecule has 2 N–H and O–H groups in total. The van der Waals surface area contributed by atoms with E-state index in [1.165, 1.54) is 0 Å². The van der Waals surface area contributed by atoms with Crippen LogP contribution in [0.4, 0.5) is 0 Å². The molecule has 5 heteroatoms. The molecule has 0 aliphatic carbocycles. The predicted octanol–water partition coefficient (Wildman–Crippen LogP) is -0.286. The number of ether oxygens (including phenoxy) is 2. The van der Waals surface area contributed by atoms with Crippen molar-refractivity contribution >= 4 is 5.97 Å². The van der Waals surface area contributed by atoms with Crippen LogP contribution in [0, 0.1) is 0 Å². The zero-order valence-electron chi connectivity index (χ0n) is 7.91. The summed E-state index contributed by atoms with van der Waals surface area (Å²) in [5.41, 5.74) is 0. The first kappa shape index (κ1) is 12.3. The molecule has 0 aliphatic heterocycles. The van der Waals surface area contributed by atoms with Gasteiger partial charge >= 0.3 is 5.97 Å². The van der Waals surface area contributed by atoms with Crippen molar-refractivity contribution in [2.24, 2.45) is 0 Å². The van der Waals surface area contributed by atoms with Gasteiger partial charge in [0.1, 0.15) is 0 Å². The van der Waals surface area contributed by atoms with Crippen LogP contribution in [0.15, 0.2) is 0 Å². The molecule has 13 heavy (non-hydrogen) atoms. The zero-order chi connectivity index (χ0) is 9.94. The van der Waals surface area contributed by atoms with Crippen molar-refractivity contribution in [3.63, 3.8) is 0 Å². The highest BCUT2D eigenvalue weighted by atomic mass is 16.5. The van der Waals surface area contributed by atoms with Crippen LogP contribution >= 0.6 is 0 Å². The molecule has 0 saturated carbocycles. The molecule has 0 amide bonds. The van der Waals surface area contributed by atoms with Crippen LogP contribution in [0.3, 0.4) is 0 Å². The van der Waals surface area contributed by atoms with E-state index in [9.17, 15) is 4.79 Å². The molecule has 0 saturated heterocycles. The first-order chi connectivity index (χ1) is 6.27. The molecule has 0 rings (SSSR count). The summed E-state index contributed by atoms with van der Waals surface area (Å²) in [6.07, 6.45) is 0.816. The first-order valence-corrected chi connectivity index (χ1v) is 4.26. The number of hydrogen-bond donors (Lipinski definition) is 2. The van der Waals surface area contributed by atoms with Crippen molar-refractivity contribution in [3.8, 4) is 0 Å². The average molecular weight is 191 g/mol. The second-order valence-corrected chi connectivity index (χ2v) is 2.53. The fourth-order valence-electron chi connectivity index (χ4n) is 0.739. The van der Waals surface area contributed by atoms with Crippen LogP contribution in [0.2, 0.25) is 0 Å². The third kappa shape index (κ3) is 11.3. The van der Waals surface area contributed by atoms with Crippen LogP contribution in [-0.4, -0.2) is 51.1 Å². The normalized spacial score (nSPS) is 10.2. The van der Waals surface area contributed by atoms with E-state index in [1.54, 1.807) is 7.11 Å². The smallest absolute Gasteiger partial charge is 0.317 e. The van der Waals surface area contributed by atoms with Crippen LogP contribution in [0.25, 0.3) is 0 Å². The largest absolute Gasteiger partial charge is 0.480 e. The van der Waals surface area contributed by atoms with Crippen molar-refractivity contribution in [2.45, 2.75) is 6.42 Å². The summed E-state index contributed by atoms with van der Waals surface area (Å²) in [5, 5.41) is 11.0. The summed E-state index contributed by atoms with van der Waals surface area (Å²) in [7, 11) is 1.62. The Bertz CT molecular complexity index is 129. The Balaban J connectivity index is 2.87. The van der Waals surface area contributed by atoms with E-state index < -0.39 is 5.97 Å². The van der Waals surface area contributed by atoms with Crippen molar-refractivity contribution in [1.82, 2.24) is 5.32 Å². The molecule has 0 heterocycles. The minimum absolute atomic E-state index is 0.0120. The third-order valence-electron chi connectivity index (χ3n) is 1.35. The SMILES string of the molecule is COCCOCCCNCC(=O)O. The monoisotopic (exact) mass is 191 g/mol. The molecule has 78 valence electrons. The maximum absolute atomic E-state index is 10.1. The van der Waals surface area contributed by atoms with Gasteiger partial charge in [-0.25, -0.2) is 0 Å². The fraction of sp³-hybridized carbons (Fsp3) is 0.875. The summed E-state index contributed by atoms with van der Waals surface area (Å²) >= 11 is 0. The van der Waals surface area contributed by atoms with E-state index in [2.05, 4.69) is 5.32 Å². The summed E-state index contributed by atoms with van der Waals surface area (Å²) in [5.74, 6) is -0.833. The molecule has 0 atom stereocenters. The Hall–Kier alpha value is -0.650. The number of carboxylic acids is 1. The molecule has 0 aromatic carbocycles. The lowest BCUT2D eigenvalue weighted by Gasteiger charge is -2.03. The van der Waals surface area contributed by atoms with Gasteiger partial charge in [-0.1, -0.05) is 0 Å². The van der Waals surface area contributed by atoms with Crippen molar-refractivity contribution in [3.05, 3.63) is 0 Å². The van der Waals surface area contributed by atoms with Crippen molar-refractivity contribution in [1.29, 1.82) is 0 Å². The highest BCUT2D eigenvalue weighted by Crippen LogP contribution is 1.81. The minimum Gasteiger partial charge on any atom is -0.480 e. The highest BCUT2D eigenvalue weighted by Gasteiger charge is 1.94. The minimum atomic E-state index is -0.833. The molecule has 0 fully saturated rings. The van der Waals surface area contributed by atoms with Gasteiger partial charge in [-0.3, -0.25) is 4.79 Å². The van der Waals surface area contributed by atoms with Gasteiger partial charge in [-0.2, -0.15) is 0 Å². The molecule has 0 unspecified atom stereocenters. The van der Waals surface area contributed by atoms with E-state index >= 15 is 0 Å². The summed E-state index contributed by atoms with van der Waals surface area (Å²) in [4.78, 5) is 10.1. The Morgan fingerprint density at radius 2 is 2.15 bits per heavy atom. The molecule has 0 aromatic rings. The Labute approximate surface area is 78.0 Å². The zero-order valence-corrected chi connectivity index (χ0v) is 7.91. The molecule has 0 aliphatic rings. The summed E-state index contributed by atoms with van der Waals surface area (Å²) in [6, 6.07) is 0. The first-order valence-electron chi connectivity index (χ1n) is 4.26. The Morgan fingerprint density at radius 3 is 2.77 bits per heavy atom. The van der Waals surface area contributed by atoms with Crippen LogP contribution in [0.1, 0.15) is 6.42 Å². The van der Waals surface area contributed by atoms with Gasteiger partial charge in [0.25, 0.3) is 0 Å². The van der Waals surface area contributed by atoms with E-state index in [0.29, 0.717) is 26.4 Å². The Kier molecular flexibility index (Phi) is 8.97. The second kappa shape index (κ2) is 9.44. The van der Waals surface area contributed by atoms with Gasteiger partial charge in [0, 0.05) is 13.7 Å². The topological polar surface area (TPSA) is 67.8 Å². The summed E-state index contributed by atoms with van der Waals surface area (Å²) in [6.45, 7) is 2.51. The molecular formula is C8H17NO4. The molecular weight excluding hydrogens is 174 g/mol. The van der Waals surface area contributed by atoms with Gasteiger partial charge in [0.2, 0.25) is 0 Å². The maximum atomic E-state index is 10.1. The van der Waals surface area contributed by atoms with Gasteiger partial charge in [-0.15, -0.1) is 0 Å². The van der Waals surface area contributed by atoms with Crippen molar-refractivity contribution in [2.75, 3.05) is 40.0 Å². The molecule has 0 bridgehead atoms. The molecule has 0 radical (unpaired) electrons. The second-order valence-electron chi connectivity index (χ2n) is 2.53. The van der Waals surface area contributed by atoms with Crippen LogP contribution in [0.5, 0.6) is 0 Å². The molecule has 0 spiro atoms. The van der Waals surface area contributed by atoms with E-state index in [0.717, 1.165) is 6.42 Å². The standard InChI is InChI=1S/C8H17NO4/c1-12-5-6-13-4-2-3-9-7-8(10)11/h9H,2-7H2,1H3,(H,10,11). The number of nitrogens with one attached hydrogen (secondary N) is 1. The lowest BCUT2D eigenvalue weighted by atomic mass is 10.4. The number of aliphatic carboxylic acids is 1. The third-order valence-corrected chi connectivity index (χ3v) is 1.35. The molecule has 0 aromatic heterocycles.